The van der Waals surface area contributed by atoms with Crippen LogP contribution < -0.4 is 5.32 Å². The number of hydrogen-bond donors (Lipinski definition) is 1. The number of rotatable bonds is 6. The van der Waals surface area contributed by atoms with Crippen molar-refractivity contribution in [3.8, 4) is 11.5 Å². The maximum atomic E-state index is 5.63. The molecule has 0 saturated carbocycles. The second kappa shape index (κ2) is 5.93. The Morgan fingerprint density at radius 2 is 2.18 bits per heavy atom. The van der Waals surface area contributed by atoms with Gasteiger partial charge in [0.1, 0.15) is 0 Å². The summed E-state index contributed by atoms with van der Waals surface area (Å²) in [4.78, 5) is 0. The minimum Gasteiger partial charge on any atom is -0.421 e. The van der Waals surface area contributed by atoms with Crippen LogP contribution in [0.4, 0.5) is 0 Å². The van der Waals surface area contributed by atoms with Crippen molar-refractivity contribution < 1.29 is 4.42 Å². The van der Waals surface area contributed by atoms with Crippen molar-refractivity contribution in [3.63, 3.8) is 0 Å². The highest BCUT2D eigenvalue weighted by molar-refractivity contribution is 7.08. The molecule has 0 aliphatic rings. The molecule has 0 amide bonds. The van der Waals surface area contributed by atoms with Crippen LogP contribution in [0.15, 0.2) is 15.2 Å². The zero-order chi connectivity index (χ0) is 12.1. The van der Waals surface area contributed by atoms with Gasteiger partial charge in [-0.25, -0.2) is 0 Å². The lowest BCUT2D eigenvalue weighted by Gasteiger charge is -1.98. The minimum atomic E-state index is 0.634. The van der Waals surface area contributed by atoms with Crippen LogP contribution >= 0.6 is 11.3 Å². The van der Waals surface area contributed by atoms with Gasteiger partial charge < -0.3 is 9.73 Å². The van der Waals surface area contributed by atoms with Crippen molar-refractivity contribution in [2.75, 3.05) is 13.1 Å². The summed E-state index contributed by atoms with van der Waals surface area (Å²) in [5, 5.41) is 15.6. The topological polar surface area (TPSA) is 51.0 Å². The number of hydrogen-bond acceptors (Lipinski definition) is 5. The quantitative estimate of drug-likeness (QED) is 0.802. The standard InChI is InChI=1S/C12H17N3OS/c1-3-5-13-6-4-11-14-15-12(16-11)10-8-17-7-9(10)2/h7-8,13H,3-6H2,1-2H3. The molecule has 0 radical (unpaired) electrons. The molecular weight excluding hydrogens is 234 g/mol. The van der Waals surface area contributed by atoms with Gasteiger partial charge in [-0.15, -0.1) is 10.2 Å². The first-order valence-corrected chi connectivity index (χ1v) is 6.81. The van der Waals surface area contributed by atoms with E-state index in [9.17, 15) is 0 Å². The summed E-state index contributed by atoms with van der Waals surface area (Å²) in [5.41, 5.74) is 2.24. The lowest BCUT2D eigenvalue weighted by Crippen LogP contribution is -2.17. The Labute approximate surface area is 105 Å². The van der Waals surface area contributed by atoms with E-state index in [2.05, 4.69) is 34.7 Å². The maximum absolute atomic E-state index is 5.63. The molecule has 0 unspecified atom stereocenters. The van der Waals surface area contributed by atoms with E-state index in [1.54, 1.807) is 11.3 Å². The minimum absolute atomic E-state index is 0.634. The van der Waals surface area contributed by atoms with Crippen molar-refractivity contribution in [2.24, 2.45) is 0 Å². The molecule has 92 valence electrons. The highest BCUT2D eigenvalue weighted by Gasteiger charge is 2.10. The number of thiophene rings is 1. The molecule has 0 aromatic carbocycles. The number of aryl methyl sites for hydroxylation is 1. The second-order valence-electron chi connectivity index (χ2n) is 3.97. The summed E-state index contributed by atoms with van der Waals surface area (Å²) >= 11 is 1.65. The summed E-state index contributed by atoms with van der Waals surface area (Å²) in [6.45, 7) is 6.12. The predicted octanol–water partition coefficient (Wildman–Crippen LogP) is 2.65. The molecule has 2 aromatic heterocycles. The Morgan fingerprint density at radius 1 is 1.29 bits per heavy atom. The van der Waals surface area contributed by atoms with E-state index < -0.39 is 0 Å². The van der Waals surface area contributed by atoms with Crippen molar-refractivity contribution in [3.05, 3.63) is 22.2 Å². The SMILES string of the molecule is CCCNCCc1nnc(-c2cscc2C)o1. The Morgan fingerprint density at radius 3 is 2.88 bits per heavy atom. The van der Waals surface area contributed by atoms with E-state index in [1.807, 2.05) is 5.38 Å². The van der Waals surface area contributed by atoms with Crippen LogP contribution in [0.2, 0.25) is 0 Å². The Balaban J connectivity index is 1.95. The highest BCUT2D eigenvalue weighted by atomic mass is 32.1. The fraction of sp³-hybridized carbons (Fsp3) is 0.500. The summed E-state index contributed by atoms with van der Waals surface area (Å²) in [7, 11) is 0. The molecule has 17 heavy (non-hydrogen) atoms. The van der Waals surface area contributed by atoms with E-state index in [0.29, 0.717) is 11.8 Å². The second-order valence-corrected chi connectivity index (χ2v) is 4.71. The van der Waals surface area contributed by atoms with Crippen molar-refractivity contribution >= 4 is 11.3 Å². The van der Waals surface area contributed by atoms with E-state index >= 15 is 0 Å². The van der Waals surface area contributed by atoms with Crippen LogP contribution in [-0.4, -0.2) is 23.3 Å². The maximum Gasteiger partial charge on any atom is 0.248 e. The lowest BCUT2D eigenvalue weighted by atomic mass is 10.2. The average Bonchev–Trinajstić information content (AvgIpc) is 2.93. The van der Waals surface area contributed by atoms with E-state index in [4.69, 9.17) is 4.42 Å². The molecule has 4 nitrogen and oxygen atoms in total. The first-order chi connectivity index (χ1) is 8.31. The fourth-order valence-electron chi connectivity index (χ4n) is 1.54. The zero-order valence-corrected chi connectivity index (χ0v) is 11.0. The third-order valence-electron chi connectivity index (χ3n) is 2.50. The number of aromatic nitrogens is 2. The molecule has 0 aliphatic carbocycles. The van der Waals surface area contributed by atoms with Gasteiger partial charge in [-0.1, -0.05) is 6.92 Å². The van der Waals surface area contributed by atoms with Crippen LogP contribution in [0.25, 0.3) is 11.5 Å². The van der Waals surface area contributed by atoms with Crippen LogP contribution in [0.3, 0.4) is 0 Å². The van der Waals surface area contributed by atoms with Gasteiger partial charge in [0, 0.05) is 18.3 Å². The van der Waals surface area contributed by atoms with Crippen molar-refractivity contribution in [2.45, 2.75) is 26.7 Å². The molecule has 1 N–H and O–H groups in total. The first kappa shape index (κ1) is 12.3. The molecule has 5 heteroatoms. The van der Waals surface area contributed by atoms with E-state index in [1.165, 1.54) is 5.56 Å². The highest BCUT2D eigenvalue weighted by Crippen LogP contribution is 2.25. The zero-order valence-electron chi connectivity index (χ0n) is 10.2. The van der Waals surface area contributed by atoms with Gasteiger partial charge in [-0.05, 0) is 30.8 Å². The van der Waals surface area contributed by atoms with Crippen molar-refractivity contribution in [1.29, 1.82) is 0 Å². The van der Waals surface area contributed by atoms with E-state index in [0.717, 1.165) is 31.5 Å². The fourth-order valence-corrected chi connectivity index (χ4v) is 2.36. The average molecular weight is 251 g/mol. The van der Waals surface area contributed by atoms with Gasteiger partial charge >= 0.3 is 0 Å². The van der Waals surface area contributed by atoms with Gasteiger partial charge in [0.05, 0.1) is 5.56 Å². The van der Waals surface area contributed by atoms with Gasteiger partial charge in [-0.3, -0.25) is 0 Å². The van der Waals surface area contributed by atoms with E-state index in [-0.39, 0.29) is 0 Å². The Kier molecular flexibility index (Phi) is 4.28. The molecule has 2 rings (SSSR count). The third-order valence-corrected chi connectivity index (χ3v) is 3.36. The largest absolute Gasteiger partial charge is 0.421 e. The normalized spacial score (nSPS) is 10.9. The predicted molar refractivity (Wildman–Crippen MR) is 69.2 cm³/mol. The number of nitrogens with one attached hydrogen (secondary N) is 1. The van der Waals surface area contributed by atoms with Gasteiger partial charge in [0.25, 0.3) is 0 Å². The Bertz CT molecular complexity index is 464. The Hall–Kier alpha value is -1.20. The molecular formula is C12H17N3OS. The molecule has 2 heterocycles. The summed E-state index contributed by atoms with van der Waals surface area (Å²) in [6, 6.07) is 0. The molecule has 0 fully saturated rings. The van der Waals surface area contributed by atoms with Crippen LogP contribution in [0.5, 0.6) is 0 Å². The van der Waals surface area contributed by atoms with Crippen LogP contribution in [0, 0.1) is 6.92 Å². The van der Waals surface area contributed by atoms with Crippen LogP contribution in [-0.2, 0) is 6.42 Å². The van der Waals surface area contributed by atoms with Crippen molar-refractivity contribution in [1.82, 2.24) is 15.5 Å². The van der Waals surface area contributed by atoms with Gasteiger partial charge in [0.2, 0.25) is 11.8 Å². The monoisotopic (exact) mass is 251 g/mol. The molecule has 0 spiro atoms. The molecule has 0 aliphatic heterocycles. The molecule has 0 saturated heterocycles. The molecule has 0 atom stereocenters. The molecule has 2 aromatic rings. The van der Waals surface area contributed by atoms with Crippen LogP contribution in [0.1, 0.15) is 24.8 Å². The molecule has 0 bridgehead atoms. The van der Waals surface area contributed by atoms with Gasteiger partial charge in [0.15, 0.2) is 0 Å². The summed E-state index contributed by atoms with van der Waals surface area (Å²) < 4.78 is 5.63. The van der Waals surface area contributed by atoms with Gasteiger partial charge in [-0.2, -0.15) is 11.3 Å². The summed E-state index contributed by atoms with van der Waals surface area (Å²) in [5.74, 6) is 1.34. The summed E-state index contributed by atoms with van der Waals surface area (Å²) in [6.07, 6.45) is 1.93. The number of nitrogens with zero attached hydrogens (tertiary/aromatic N) is 2. The third kappa shape index (κ3) is 3.14. The smallest absolute Gasteiger partial charge is 0.248 e. The first-order valence-electron chi connectivity index (χ1n) is 5.87. The lowest BCUT2D eigenvalue weighted by molar-refractivity contribution is 0.494.